The number of ether oxygens (including phenoxy) is 3. The molecular weight excluding hydrogens is 877 g/mol. The summed E-state index contributed by atoms with van der Waals surface area (Å²) in [5.74, 6) is -0.927. The lowest BCUT2D eigenvalue weighted by atomic mass is 10.0. The van der Waals surface area contributed by atoms with E-state index in [4.69, 9.17) is 14.2 Å². The minimum absolute atomic E-state index is 0.0898. The lowest BCUT2D eigenvalue weighted by Gasteiger charge is -2.18. The molecule has 0 heterocycles. The number of carbonyl (C=O) groups is 3. The van der Waals surface area contributed by atoms with Crippen LogP contribution in [0.5, 0.6) is 0 Å². The van der Waals surface area contributed by atoms with Gasteiger partial charge < -0.3 is 14.2 Å². The van der Waals surface area contributed by atoms with Crippen molar-refractivity contribution in [3.8, 4) is 0 Å². The highest BCUT2D eigenvalue weighted by atomic mass is 16.6. The summed E-state index contributed by atoms with van der Waals surface area (Å²) >= 11 is 0. The fourth-order valence-electron chi connectivity index (χ4n) is 8.71. The zero-order valence-corrected chi connectivity index (χ0v) is 47.0. The van der Waals surface area contributed by atoms with Gasteiger partial charge in [-0.2, -0.15) is 0 Å². The Bertz CT molecular complexity index is 1320. The molecule has 0 radical (unpaired) electrons. The molecule has 0 N–H and O–H groups in total. The summed E-state index contributed by atoms with van der Waals surface area (Å²) < 4.78 is 16.8. The van der Waals surface area contributed by atoms with Crippen LogP contribution in [0.1, 0.15) is 303 Å². The van der Waals surface area contributed by atoms with Crippen LogP contribution < -0.4 is 0 Å². The highest BCUT2D eigenvalue weighted by Crippen LogP contribution is 2.17. The third-order valence-corrected chi connectivity index (χ3v) is 13.2. The van der Waals surface area contributed by atoms with E-state index in [1.54, 1.807) is 0 Å². The number of unbranched alkanes of at least 4 members (excludes halogenated alkanes) is 32. The number of rotatable bonds is 55. The van der Waals surface area contributed by atoms with Crippen LogP contribution in [0.15, 0.2) is 72.9 Å². The highest BCUT2D eigenvalue weighted by molar-refractivity contribution is 5.71. The first-order valence-corrected chi connectivity index (χ1v) is 30.4. The third kappa shape index (κ3) is 57.6. The Labute approximate surface area is 440 Å². The van der Waals surface area contributed by atoms with E-state index in [1.165, 1.54) is 141 Å². The van der Waals surface area contributed by atoms with Crippen LogP contribution >= 0.6 is 0 Å². The van der Waals surface area contributed by atoms with Gasteiger partial charge in [0.1, 0.15) is 13.2 Å². The van der Waals surface area contributed by atoms with Crippen molar-refractivity contribution >= 4 is 17.9 Å². The van der Waals surface area contributed by atoms with Crippen molar-refractivity contribution in [3.63, 3.8) is 0 Å². The van der Waals surface area contributed by atoms with Gasteiger partial charge in [0.2, 0.25) is 0 Å². The van der Waals surface area contributed by atoms with Gasteiger partial charge in [0.15, 0.2) is 6.10 Å². The molecule has 0 saturated carbocycles. The number of hydrogen-bond acceptors (Lipinski definition) is 6. The molecule has 0 spiro atoms. The first-order chi connectivity index (χ1) is 35.0. The Hall–Kier alpha value is -3.15. The monoisotopic (exact) mass is 991 g/mol. The average Bonchev–Trinajstić information content (AvgIpc) is 3.37. The lowest BCUT2D eigenvalue weighted by Crippen LogP contribution is -2.30. The van der Waals surface area contributed by atoms with Gasteiger partial charge in [-0.25, -0.2) is 0 Å². The molecule has 0 aromatic carbocycles. The van der Waals surface area contributed by atoms with Crippen molar-refractivity contribution in [1.82, 2.24) is 0 Å². The van der Waals surface area contributed by atoms with Gasteiger partial charge in [-0.3, -0.25) is 14.4 Å². The van der Waals surface area contributed by atoms with E-state index >= 15 is 0 Å². The predicted octanol–water partition coefficient (Wildman–Crippen LogP) is 20.5. The van der Waals surface area contributed by atoms with Gasteiger partial charge in [0.05, 0.1) is 0 Å². The van der Waals surface area contributed by atoms with Crippen LogP contribution in [0.25, 0.3) is 0 Å². The quantitative estimate of drug-likeness (QED) is 0.0261. The Morgan fingerprint density at radius 3 is 0.873 bits per heavy atom. The minimum Gasteiger partial charge on any atom is -0.462 e. The number of carbonyl (C=O) groups excluding carboxylic acids is 3. The molecule has 0 rings (SSSR count). The molecule has 0 bridgehead atoms. The normalized spacial score (nSPS) is 12.5. The van der Waals surface area contributed by atoms with E-state index in [2.05, 4.69) is 93.7 Å². The summed E-state index contributed by atoms with van der Waals surface area (Å²) in [7, 11) is 0. The van der Waals surface area contributed by atoms with E-state index < -0.39 is 6.10 Å². The molecule has 0 fully saturated rings. The topological polar surface area (TPSA) is 78.9 Å². The first-order valence-electron chi connectivity index (χ1n) is 30.4. The zero-order valence-electron chi connectivity index (χ0n) is 47.0. The second-order valence-corrected chi connectivity index (χ2v) is 20.2. The van der Waals surface area contributed by atoms with E-state index in [-0.39, 0.29) is 31.1 Å². The Morgan fingerprint density at radius 2 is 0.549 bits per heavy atom. The molecule has 0 amide bonds. The predicted molar refractivity (Wildman–Crippen MR) is 307 cm³/mol. The number of hydrogen-bond donors (Lipinski definition) is 0. The van der Waals surface area contributed by atoms with Crippen molar-refractivity contribution in [3.05, 3.63) is 72.9 Å². The zero-order chi connectivity index (χ0) is 51.4. The summed E-state index contributed by atoms with van der Waals surface area (Å²) in [6.07, 6.45) is 76.4. The van der Waals surface area contributed by atoms with Crippen molar-refractivity contribution in [2.75, 3.05) is 13.2 Å². The Morgan fingerprint density at radius 1 is 0.296 bits per heavy atom. The summed E-state index contributed by atoms with van der Waals surface area (Å²) in [6, 6.07) is 0. The third-order valence-electron chi connectivity index (χ3n) is 13.2. The summed E-state index contributed by atoms with van der Waals surface area (Å²) in [5, 5.41) is 0. The van der Waals surface area contributed by atoms with Crippen molar-refractivity contribution < 1.29 is 28.6 Å². The Balaban J connectivity index is 4.27. The second kappa shape index (κ2) is 59.4. The summed E-state index contributed by atoms with van der Waals surface area (Å²) in [5.41, 5.74) is 0. The second-order valence-electron chi connectivity index (χ2n) is 20.2. The standard InChI is InChI=1S/C65H114O6/c1-4-7-10-13-16-19-22-25-27-28-29-30-31-32-33-34-35-36-38-40-43-46-49-52-55-58-64(67)70-61-62(60-69-63(66)57-54-51-48-45-42-39-24-21-18-15-12-9-6-3)71-65(68)59-56-53-50-47-44-41-37-26-23-20-17-14-11-8-5-2/h8-9,11-12,17-18,20-21,26,37,39,42,62H,4-7,10,13-16,19,22-25,27-36,38,40-41,43-61H2,1-3H3/b11-8-,12-9-,20-17-,21-18-,37-26-,42-39-. The van der Waals surface area contributed by atoms with Crippen molar-refractivity contribution in [2.45, 2.75) is 309 Å². The largest absolute Gasteiger partial charge is 0.462 e. The van der Waals surface area contributed by atoms with Gasteiger partial charge in [-0.1, -0.05) is 273 Å². The maximum atomic E-state index is 12.8. The van der Waals surface area contributed by atoms with Gasteiger partial charge in [-0.15, -0.1) is 0 Å². The fourth-order valence-corrected chi connectivity index (χ4v) is 8.71. The van der Waals surface area contributed by atoms with Crippen LogP contribution in [-0.2, 0) is 28.6 Å². The average molecular weight is 992 g/mol. The van der Waals surface area contributed by atoms with Gasteiger partial charge in [0, 0.05) is 19.3 Å². The molecule has 6 nitrogen and oxygen atoms in total. The molecule has 0 aromatic heterocycles. The molecule has 0 aliphatic carbocycles. The van der Waals surface area contributed by atoms with E-state index in [0.29, 0.717) is 19.3 Å². The van der Waals surface area contributed by atoms with Gasteiger partial charge >= 0.3 is 17.9 Å². The molecule has 0 saturated heterocycles. The van der Waals surface area contributed by atoms with E-state index in [9.17, 15) is 14.4 Å². The van der Waals surface area contributed by atoms with E-state index in [0.717, 1.165) is 122 Å². The SMILES string of the molecule is CC/C=C\C/C=C\C/C=C\CCCCCCCC(=O)OC(COC(=O)CCCCC/C=C\C/C=C\C/C=C\CC)COC(=O)CCCCCCCCCCCCCCCCCCCCCCCCCCC. The molecule has 1 unspecified atom stereocenters. The smallest absolute Gasteiger partial charge is 0.306 e. The van der Waals surface area contributed by atoms with E-state index in [1.807, 2.05) is 0 Å². The van der Waals surface area contributed by atoms with Crippen LogP contribution in [0, 0.1) is 0 Å². The minimum atomic E-state index is -0.796. The Kier molecular flexibility index (Phi) is 56.8. The molecule has 71 heavy (non-hydrogen) atoms. The van der Waals surface area contributed by atoms with Gasteiger partial charge in [0.25, 0.3) is 0 Å². The van der Waals surface area contributed by atoms with Crippen molar-refractivity contribution in [2.24, 2.45) is 0 Å². The van der Waals surface area contributed by atoms with Gasteiger partial charge in [-0.05, 0) is 83.5 Å². The summed E-state index contributed by atoms with van der Waals surface area (Å²) in [6.45, 7) is 6.41. The van der Waals surface area contributed by atoms with Crippen molar-refractivity contribution in [1.29, 1.82) is 0 Å². The summed E-state index contributed by atoms with van der Waals surface area (Å²) in [4.78, 5) is 38.2. The molecular formula is C65H114O6. The maximum Gasteiger partial charge on any atom is 0.306 e. The number of allylic oxidation sites excluding steroid dienone is 12. The highest BCUT2D eigenvalue weighted by Gasteiger charge is 2.19. The van der Waals surface area contributed by atoms with Crippen LogP contribution in [-0.4, -0.2) is 37.2 Å². The lowest BCUT2D eigenvalue weighted by molar-refractivity contribution is -0.167. The first kappa shape index (κ1) is 67.8. The number of esters is 3. The molecule has 0 aliphatic heterocycles. The molecule has 0 aromatic rings. The van der Waals surface area contributed by atoms with Crippen LogP contribution in [0.3, 0.4) is 0 Å². The molecule has 410 valence electrons. The van der Waals surface area contributed by atoms with Crippen LogP contribution in [0.4, 0.5) is 0 Å². The van der Waals surface area contributed by atoms with Crippen LogP contribution in [0.2, 0.25) is 0 Å². The molecule has 0 aliphatic rings. The molecule has 6 heteroatoms. The molecule has 1 atom stereocenters. The maximum absolute atomic E-state index is 12.8. The fraction of sp³-hybridized carbons (Fsp3) is 0.769.